The Morgan fingerprint density at radius 3 is 1.71 bits per heavy atom. The van der Waals surface area contributed by atoms with Crippen molar-refractivity contribution in [1.82, 2.24) is 0 Å². The van der Waals surface area contributed by atoms with Gasteiger partial charge in [-0.2, -0.15) is 0 Å². The first-order chi connectivity index (χ1) is 6.69. The molecular weight excluding hydrogens is 180 g/mol. The van der Waals surface area contributed by atoms with Gasteiger partial charge >= 0.3 is 0 Å². The van der Waals surface area contributed by atoms with Gasteiger partial charge in [0.25, 0.3) is 0 Å². The SMILES string of the molecule is CC(C)C1OC2C(CN)C(CN)C2O1. The molecule has 0 amide bonds. The van der Waals surface area contributed by atoms with Gasteiger partial charge in [0.2, 0.25) is 0 Å². The van der Waals surface area contributed by atoms with Crippen LogP contribution in [0.3, 0.4) is 0 Å². The Morgan fingerprint density at radius 2 is 1.43 bits per heavy atom. The fourth-order valence-corrected chi connectivity index (χ4v) is 2.46. The maximum Gasteiger partial charge on any atom is 0.160 e. The molecule has 1 saturated carbocycles. The fourth-order valence-electron chi connectivity index (χ4n) is 2.46. The van der Waals surface area contributed by atoms with E-state index >= 15 is 0 Å². The summed E-state index contributed by atoms with van der Waals surface area (Å²) in [5.74, 6) is 1.19. The van der Waals surface area contributed by atoms with Crippen LogP contribution >= 0.6 is 0 Å². The Bertz CT molecular complexity index is 192. The normalized spacial score (nSPS) is 46.5. The molecule has 1 heterocycles. The number of fused-ring (bicyclic) bond motifs is 1. The van der Waals surface area contributed by atoms with E-state index < -0.39 is 0 Å². The van der Waals surface area contributed by atoms with Crippen molar-refractivity contribution in [3.8, 4) is 0 Å². The zero-order valence-corrected chi connectivity index (χ0v) is 8.85. The Morgan fingerprint density at radius 1 is 1.00 bits per heavy atom. The summed E-state index contributed by atoms with van der Waals surface area (Å²) in [6.07, 6.45) is 0.331. The number of hydrogen-bond donors (Lipinski definition) is 2. The van der Waals surface area contributed by atoms with E-state index in [0.717, 1.165) is 0 Å². The van der Waals surface area contributed by atoms with Gasteiger partial charge in [-0.15, -0.1) is 0 Å². The van der Waals surface area contributed by atoms with Crippen LogP contribution in [0.5, 0.6) is 0 Å². The lowest BCUT2D eigenvalue weighted by atomic mass is 9.68. The number of hydrogen-bond acceptors (Lipinski definition) is 4. The summed E-state index contributed by atoms with van der Waals surface area (Å²) < 4.78 is 11.6. The van der Waals surface area contributed by atoms with Crippen LogP contribution in [-0.2, 0) is 9.47 Å². The molecule has 14 heavy (non-hydrogen) atoms. The van der Waals surface area contributed by atoms with E-state index in [1.165, 1.54) is 0 Å². The molecule has 2 fully saturated rings. The van der Waals surface area contributed by atoms with E-state index in [2.05, 4.69) is 13.8 Å². The molecule has 0 aromatic heterocycles. The molecule has 4 nitrogen and oxygen atoms in total. The maximum atomic E-state index is 5.80. The van der Waals surface area contributed by atoms with Crippen molar-refractivity contribution in [3.05, 3.63) is 0 Å². The van der Waals surface area contributed by atoms with E-state index in [-0.39, 0.29) is 18.5 Å². The largest absolute Gasteiger partial charge is 0.346 e. The molecule has 2 rings (SSSR count). The van der Waals surface area contributed by atoms with Gasteiger partial charge in [0.1, 0.15) is 0 Å². The van der Waals surface area contributed by atoms with Gasteiger partial charge in [0, 0.05) is 17.8 Å². The smallest absolute Gasteiger partial charge is 0.160 e. The van der Waals surface area contributed by atoms with Crippen LogP contribution in [0.1, 0.15) is 13.8 Å². The van der Waals surface area contributed by atoms with Gasteiger partial charge in [0.05, 0.1) is 12.2 Å². The van der Waals surface area contributed by atoms with Crippen molar-refractivity contribution in [2.24, 2.45) is 29.2 Å². The predicted octanol–water partition coefficient (Wildman–Crippen LogP) is -0.0841. The molecule has 1 saturated heterocycles. The Kier molecular flexibility index (Phi) is 2.79. The van der Waals surface area contributed by atoms with Crippen molar-refractivity contribution < 1.29 is 9.47 Å². The van der Waals surface area contributed by atoms with E-state index in [0.29, 0.717) is 30.8 Å². The molecule has 0 bridgehead atoms. The van der Waals surface area contributed by atoms with Crippen molar-refractivity contribution in [2.75, 3.05) is 13.1 Å². The second-order valence-electron chi connectivity index (χ2n) is 4.61. The van der Waals surface area contributed by atoms with Crippen molar-refractivity contribution in [3.63, 3.8) is 0 Å². The highest BCUT2D eigenvalue weighted by Crippen LogP contribution is 2.45. The average molecular weight is 200 g/mol. The second kappa shape index (κ2) is 3.77. The van der Waals surface area contributed by atoms with E-state index in [1.54, 1.807) is 0 Å². The Hall–Kier alpha value is -0.160. The van der Waals surface area contributed by atoms with E-state index in [9.17, 15) is 0 Å². The fraction of sp³-hybridized carbons (Fsp3) is 1.00. The molecule has 82 valence electrons. The molecule has 4 N–H and O–H groups in total. The molecule has 2 aliphatic rings. The van der Waals surface area contributed by atoms with Crippen LogP contribution in [0.25, 0.3) is 0 Å². The van der Waals surface area contributed by atoms with Gasteiger partial charge in [-0.1, -0.05) is 13.8 Å². The molecule has 1 aliphatic carbocycles. The van der Waals surface area contributed by atoms with Crippen molar-refractivity contribution in [2.45, 2.75) is 32.3 Å². The highest BCUT2D eigenvalue weighted by atomic mass is 16.7. The molecule has 0 aromatic rings. The highest BCUT2D eigenvalue weighted by Gasteiger charge is 2.56. The van der Waals surface area contributed by atoms with Gasteiger partial charge in [0.15, 0.2) is 6.29 Å². The minimum Gasteiger partial charge on any atom is -0.346 e. The lowest BCUT2D eigenvalue weighted by Crippen LogP contribution is -2.59. The molecular formula is C10H20N2O2. The summed E-state index contributed by atoms with van der Waals surface area (Å²) in [6, 6.07) is 0. The second-order valence-corrected chi connectivity index (χ2v) is 4.61. The maximum absolute atomic E-state index is 5.80. The first kappa shape index (κ1) is 10.4. The van der Waals surface area contributed by atoms with Crippen LogP contribution < -0.4 is 11.5 Å². The summed E-state index contributed by atoms with van der Waals surface area (Å²) >= 11 is 0. The molecule has 0 radical (unpaired) electrons. The van der Waals surface area contributed by atoms with E-state index in [1.807, 2.05) is 0 Å². The zero-order valence-electron chi connectivity index (χ0n) is 8.85. The first-order valence-corrected chi connectivity index (χ1v) is 5.40. The minimum atomic E-state index is -0.0596. The zero-order chi connectivity index (χ0) is 10.3. The Balaban J connectivity index is 1.99. The van der Waals surface area contributed by atoms with Crippen LogP contribution in [-0.4, -0.2) is 31.6 Å². The van der Waals surface area contributed by atoms with Crippen molar-refractivity contribution >= 4 is 0 Å². The molecule has 0 aromatic carbocycles. The molecule has 4 heteroatoms. The first-order valence-electron chi connectivity index (χ1n) is 5.40. The van der Waals surface area contributed by atoms with Gasteiger partial charge in [-0.3, -0.25) is 0 Å². The predicted molar refractivity (Wildman–Crippen MR) is 53.5 cm³/mol. The number of rotatable bonds is 3. The monoisotopic (exact) mass is 200 g/mol. The standard InChI is InChI=1S/C10H20N2O2/c1-5(2)10-13-8-6(3-11)7(4-12)9(8)14-10/h5-10H,3-4,11-12H2,1-2H3. The van der Waals surface area contributed by atoms with Crippen LogP contribution in [0, 0.1) is 17.8 Å². The minimum absolute atomic E-state index is 0.0596. The van der Waals surface area contributed by atoms with Gasteiger partial charge in [-0.05, 0) is 13.1 Å². The third-order valence-corrected chi connectivity index (χ3v) is 3.39. The molecule has 4 unspecified atom stereocenters. The topological polar surface area (TPSA) is 70.5 Å². The van der Waals surface area contributed by atoms with Crippen LogP contribution in [0.15, 0.2) is 0 Å². The summed E-state index contributed by atoms with van der Waals surface area (Å²) in [5, 5.41) is 0. The molecule has 4 atom stereocenters. The van der Waals surface area contributed by atoms with Gasteiger partial charge in [-0.25, -0.2) is 0 Å². The lowest BCUT2D eigenvalue weighted by molar-refractivity contribution is -0.0888. The van der Waals surface area contributed by atoms with Crippen LogP contribution in [0.4, 0.5) is 0 Å². The highest BCUT2D eigenvalue weighted by molar-refractivity contribution is 5.03. The Labute approximate surface area is 84.9 Å². The van der Waals surface area contributed by atoms with Gasteiger partial charge < -0.3 is 20.9 Å². The average Bonchev–Trinajstić information content (AvgIpc) is 2.48. The van der Waals surface area contributed by atoms with Crippen LogP contribution in [0.2, 0.25) is 0 Å². The summed E-state index contributed by atoms with van der Waals surface area (Å²) in [5.41, 5.74) is 11.4. The molecule has 1 aliphatic heterocycles. The van der Waals surface area contributed by atoms with E-state index in [4.69, 9.17) is 20.9 Å². The summed E-state index contributed by atoms with van der Waals surface area (Å²) in [7, 11) is 0. The number of ether oxygens (including phenoxy) is 2. The summed E-state index contributed by atoms with van der Waals surface area (Å²) in [4.78, 5) is 0. The third kappa shape index (κ3) is 1.37. The number of nitrogens with two attached hydrogens (primary N) is 2. The van der Waals surface area contributed by atoms with Crippen molar-refractivity contribution in [1.29, 1.82) is 0 Å². The summed E-state index contributed by atoms with van der Waals surface area (Å²) in [6.45, 7) is 5.50. The quantitative estimate of drug-likeness (QED) is 0.668. The molecule has 0 spiro atoms. The third-order valence-electron chi connectivity index (χ3n) is 3.39. The lowest BCUT2D eigenvalue weighted by Gasteiger charge is -2.44.